The zero-order chi connectivity index (χ0) is 19.4. The minimum atomic E-state index is 0.594. The number of aryl methyl sites for hydroxylation is 3. The van der Waals surface area contributed by atoms with Gasteiger partial charge in [0.2, 0.25) is 5.95 Å². The normalized spacial score (nSPS) is 24.4. The lowest BCUT2D eigenvalue weighted by atomic mass is 9.72. The fraction of sp³-hybridized carbons (Fsp3) is 0.478. The maximum Gasteiger partial charge on any atom is 0.223 e. The van der Waals surface area contributed by atoms with Crippen molar-refractivity contribution in [1.82, 2.24) is 19.4 Å². The second-order valence-corrected chi connectivity index (χ2v) is 8.78. The number of anilines is 1. The van der Waals surface area contributed by atoms with Crippen LogP contribution in [0, 0.1) is 19.8 Å². The first-order valence-corrected chi connectivity index (χ1v) is 10.3. The predicted octanol–water partition coefficient (Wildman–Crippen LogP) is 3.66. The van der Waals surface area contributed by atoms with Crippen LogP contribution in [0.4, 0.5) is 5.95 Å². The molecule has 0 unspecified atom stereocenters. The van der Waals surface area contributed by atoms with Gasteiger partial charge in [0, 0.05) is 60.6 Å². The van der Waals surface area contributed by atoms with Crippen LogP contribution in [0.1, 0.15) is 34.9 Å². The van der Waals surface area contributed by atoms with Crippen molar-refractivity contribution in [2.75, 3.05) is 25.5 Å². The molecule has 2 aliphatic rings. The van der Waals surface area contributed by atoms with Crippen LogP contribution in [0.15, 0.2) is 30.5 Å². The van der Waals surface area contributed by atoms with E-state index in [4.69, 9.17) is 0 Å². The summed E-state index contributed by atoms with van der Waals surface area (Å²) in [5.74, 6) is 1.96. The second-order valence-electron chi connectivity index (χ2n) is 8.78. The third-order valence-corrected chi connectivity index (χ3v) is 6.65. The van der Waals surface area contributed by atoms with Crippen molar-refractivity contribution in [2.45, 2.75) is 38.6 Å². The molecule has 1 aromatic carbocycles. The number of hydrogen-bond acceptors (Lipinski definition) is 4. The molecular formula is C23H29N5. The zero-order valence-corrected chi connectivity index (χ0v) is 17.2. The van der Waals surface area contributed by atoms with Gasteiger partial charge in [-0.25, -0.2) is 9.97 Å². The van der Waals surface area contributed by atoms with Crippen molar-refractivity contribution >= 4 is 16.9 Å². The van der Waals surface area contributed by atoms with E-state index in [1.54, 1.807) is 5.56 Å². The Labute approximate surface area is 166 Å². The number of aromatic nitrogens is 3. The van der Waals surface area contributed by atoms with E-state index in [2.05, 4.69) is 63.2 Å². The van der Waals surface area contributed by atoms with E-state index in [1.165, 1.54) is 22.9 Å². The van der Waals surface area contributed by atoms with Gasteiger partial charge in [-0.15, -0.1) is 0 Å². The summed E-state index contributed by atoms with van der Waals surface area (Å²) in [6.07, 6.45) is 4.72. The van der Waals surface area contributed by atoms with E-state index in [0.717, 1.165) is 36.8 Å². The summed E-state index contributed by atoms with van der Waals surface area (Å²) in [7, 11) is 4.47. The molecule has 1 saturated heterocycles. The van der Waals surface area contributed by atoms with Crippen LogP contribution in [-0.4, -0.2) is 45.6 Å². The van der Waals surface area contributed by atoms with Crippen LogP contribution in [0.2, 0.25) is 0 Å². The standard InChI is InChI=1S/C23H29N5/c1-14-8-15(2)26-23(25-14)24-11-16-9-19-18-6-5-7-20-22(18)17(13-28(20)4)10-21(19)27(3)12-16/h5-8,13,16,19,21H,9-12H2,1-4H3,(H,24,25,26)/t16-,19+,21+/m0/s1. The van der Waals surface area contributed by atoms with E-state index in [9.17, 15) is 0 Å². The summed E-state index contributed by atoms with van der Waals surface area (Å²) in [4.78, 5) is 11.7. The number of rotatable bonds is 3. The topological polar surface area (TPSA) is 46.0 Å². The summed E-state index contributed by atoms with van der Waals surface area (Å²) >= 11 is 0. The number of likely N-dealkylation sites (tertiary alicyclic amines) is 1. The van der Waals surface area contributed by atoms with Crippen LogP contribution >= 0.6 is 0 Å². The molecule has 0 saturated carbocycles. The monoisotopic (exact) mass is 375 g/mol. The third kappa shape index (κ3) is 2.89. The SMILES string of the molecule is Cc1cc(C)nc(NC[C@@H]2C[C@@H]3c4cccc5c4c(cn5C)C[C@H]3N(C)C2)n1. The minimum Gasteiger partial charge on any atom is -0.354 e. The van der Waals surface area contributed by atoms with Gasteiger partial charge in [-0.3, -0.25) is 0 Å². The highest BCUT2D eigenvalue weighted by Crippen LogP contribution is 2.44. The van der Waals surface area contributed by atoms with Crippen LogP contribution in [-0.2, 0) is 13.5 Å². The number of benzene rings is 1. The molecule has 3 heterocycles. The molecule has 3 atom stereocenters. The van der Waals surface area contributed by atoms with Crippen molar-refractivity contribution in [3.63, 3.8) is 0 Å². The molecule has 2 aromatic heterocycles. The van der Waals surface area contributed by atoms with Gasteiger partial charge in [-0.2, -0.15) is 0 Å². The number of likely N-dealkylation sites (N-methyl/N-ethyl adjacent to an activating group) is 1. The molecule has 5 nitrogen and oxygen atoms in total. The molecular weight excluding hydrogens is 346 g/mol. The molecule has 146 valence electrons. The number of nitrogens with one attached hydrogen (secondary N) is 1. The highest BCUT2D eigenvalue weighted by atomic mass is 15.2. The Balaban J connectivity index is 1.40. The van der Waals surface area contributed by atoms with E-state index < -0.39 is 0 Å². The first-order valence-electron chi connectivity index (χ1n) is 10.3. The van der Waals surface area contributed by atoms with Gasteiger partial charge in [-0.05, 0) is 62.9 Å². The molecule has 1 aliphatic carbocycles. The summed E-state index contributed by atoms with van der Waals surface area (Å²) in [5.41, 5.74) is 6.47. The first kappa shape index (κ1) is 17.7. The fourth-order valence-electron chi connectivity index (χ4n) is 5.52. The Bertz CT molecular complexity index is 1020. The molecule has 0 radical (unpaired) electrons. The molecule has 3 aromatic rings. The molecule has 0 spiro atoms. The average Bonchev–Trinajstić information content (AvgIpc) is 2.97. The molecule has 0 bridgehead atoms. The molecule has 1 N–H and O–H groups in total. The van der Waals surface area contributed by atoms with E-state index in [1.807, 2.05) is 19.9 Å². The Hall–Kier alpha value is -2.40. The Morgan fingerprint density at radius 2 is 1.93 bits per heavy atom. The maximum atomic E-state index is 4.54. The second kappa shape index (κ2) is 6.59. The molecule has 5 rings (SSSR count). The minimum absolute atomic E-state index is 0.594. The lowest BCUT2D eigenvalue weighted by molar-refractivity contribution is 0.117. The maximum absolute atomic E-state index is 4.54. The van der Waals surface area contributed by atoms with Gasteiger partial charge in [-0.1, -0.05) is 12.1 Å². The number of hydrogen-bond donors (Lipinski definition) is 1. The molecule has 28 heavy (non-hydrogen) atoms. The summed E-state index contributed by atoms with van der Waals surface area (Å²) in [6.45, 7) is 6.10. The first-order chi connectivity index (χ1) is 13.5. The smallest absolute Gasteiger partial charge is 0.223 e. The van der Waals surface area contributed by atoms with Crippen molar-refractivity contribution in [1.29, 1.82) is 0 Å². The predicted molar refractivity (Wildman–Crippen MR) is 114 cm³/mol. The molecule has 0 amide bonds. The Kier molecular flexibility index (Phi) is 4.16. The highest BCUT2D eigenvalue weighted by molar-refractivity contribution is 5.89. The zero-order valence-electron chi connectivity index (χ0n) is 17.2. The van der Waals surface area contributed by atoms with Crippen LogP contribution in [0.3, 0.4) is 0 Å². The van der Waals surface area contributed by atoms with Crippen molar-refractivity contribution < 1.29 is 0 Å². The Morgan fingerprint density at radius 3 is 2.71 bits per heavy atom. The van der Waals surface area contributed by atoms with Gasteiger partial charge < -0.3 is 14.8 Å². The van der Waals surface area contributed by atoms with E-state index in [-0.39, 0.29) is 0 Å². The van der Waals surface area contributed by atoms with Crippen molar-refractivity contribution in [2.24, 2.45) is 13.0 Å². The fourth-order valence-corrected chi connectivity index (χ4v) is 5.52. The van der Waals surface area contributed by atoms with Gasteiger partial charge in [0.15, 0.2) is 0 Å². The van der Waals surface area contributed by atoms with Crippen LogP contribution in [0.5, 0.6) is 0 Å². The number of nitrogens with zero attached hydrogens (tertiary/aromatic N) is 4. The van der Waals surface area contributed by atoms with Gasteiger partial charge in [0.25, 0.3) is 0 Å². The highest BCUT2D eigenvalue weighted by Gasteiger charge is 2.39. The van der Waals surface area contributed by atoms with Gasteiger partial charge in [0.05, 0.1) is 0 Å². The van der Waals surface area contributed by atoms with Crippen molar-refractivity contribution in [3.05, 3.63) is 53.0 Å². The van der Waals surface area contributed by atoms with Crippen LogP contribution in [0.25, 0.3) is 10.9 Å². The lowest BCUT2D eigenvalue weighted by Gasteiger charge is -2.45. The lowest BCUT2D eigenvalue weighted by Crippen LogP contribution is -2.49. The summed E-state index contributed by atoms with van der Waals surface area (Å²) in [6, 6.07) is 9.47. The molecule has 1 fully saturated rings. The number of fused-ring (bicyclic) bond motifs is 2. The molecule has 1 aliphatic heterocycles. The number of piperidine rings is 1. The van der Waals surface area contributed by atoms with Gasteiger partial charge >= 0.3 is 0 Å². The van der Waals surface area contributed by atoms with Crippen molar-refractivity contribution in [3.8, 4) is 0 Å². The average molecular weight is 376 g/mol. The summed E-state index contributed by atoms with van der Waals surface area (Å²) < 4.78 is 2.29. The van der Waals surface area contributed by atoms with Gasteiger partial charge in [0.1, 0.15) is 0 Å². The van der Waals surface area contributed by atoms with E-state index >= 15 is 0 Å². The Morgan fingerprint density at radius 1 is 1.14 bits per heavy atom. The van der Waals surface area contributed by atoms with Crippen LogP contribution < -0.4 is 5.32 Å². The molecule has 5 heteroatoms. The largest absolute Gasteiger partial charge is 0.354 e. The quantitative estimate of drug-likeness (QED) is 0.759. The third-order valence-electron chi connectivity index (χ3n) is 6.65. The van der Waals surface area contributed by atoms with E-state index in [0.29, 0.717) is 17.9 Å². The summed E-state index contributed by atoms with van der Waals surface area (Å²) in [5, 5.41) is 5.01.